The van der Waals surface area contributed by atoms with Crippen LogP contribution in [0.5, 0.6) is 11.5 Å². The van der Waals surface area contributed by atoms with E-state index in [0.29, 0.717) is 11.4 Å². The lowest BCUT2D eigenvalue weighted by molar-refractivity contribution is -0.115. The number of nitrogens with one attached hydrogen (secondary N) is 3. The zero-order valence-electron chi connectivity index (χ0n) is 15.8. The summed E-state index contributed by atoms with van der Waals surface area (Å²) in [7, 11) is -1.22. The standard InChI is InChI=1S/C18H21N3O6S/c1-11(22)19-13-5-7-18(27-4)16(9-13)21-28(24,25)14-6-8-17(26-3)15(10-14)20-12(2)23/h5-10,21H,1-4H3,(H,19,22)(H,20,23). The van der Waals surface area contributed by atoms with Crippen molar-refractivity contribution in [2.45, 2.75) is 18.7 Å². The summed E-state index contributed by atoms with van der Waals surface area (Å²) in [5, 5.41) is 5.10. The van der Waals surface area contributed by atoms with E-state index in [1.54, 1.807) is 6.07 Å². The van der Waals surface area contributed by atoms with Crippen molar-refractivity contribution in [1.82, 2.24) is 0 Å². The second-order valence-electron chi connectivity index (χ2n) is 5.75. The molecule has 0 fully saturated rings. The number of carbonyl (C=O) groups excluding carboxylic acids is 2. The Morgan fingerprint density at radius 3 is 1.96 bits per heavy atom. The Hall–Kier alpha value is -3.27. The monoisotopic (exact) mass is 407 g/mol. The molecule has 9 nitrogen and oxygen atoms in total. The summed E-state index contributed by atoms with van der Waals surface area (Å²) in [4.78, 5) is 22.5. The highest BCUT2D eigenvalue weighted by atomic mass is 32.2. The molecule has 0 atom stereocenters. The lowest BCUT2D eigenvalue weighted by atomic mass is 10.2. The van der Waals surface area contributed by atoms with E-state index < -0.39 is 10.0 Å². The molecule has 0 unspecified atom stereocenters. The Morgan fingerprint density at radius 1 is 0.821 bits per heavy atom. The largest absolute Gasteiger partial charge is 0.495 e. The van der Waals surface area contributed by atoms with Crippen molar-refractivity contribution in [3.8, 4) is 11.5 Å². The minimum absolute atomic E-state index is 0.0935. The van der Waals surface area contributed by atoms with E-state index in [4.69, 9.17) is 9.47 Å². The SMILES string of the molecule is COc1ccc(S(=O)(=O)Nc2cc(NC(C)=O)ccc2OC)cc1NC(C)=O. The molecule has 2 aromatic carbocycles. The summed E-state index contributed by atoms with van der Waals surface area (Å²) in [6.07, 6.45) is 0. The highest BCUT2D eigenvalue weighted by Gasteiger charge is 2.19. The van der Waals surface area contributed by atoms with Crippen molar-refractivity contribution in [2.24, 2.45) is 0 Å². The van der Waals surface area contributed by atoms with E-state index in [1.165, 1.54) is 58.4 Å². The van der Waals surface area contributed by atoms with E-state index in [0.717, 1.165) is 0 Å². The third-order valence-corrected chi connectivity index (χ3v) is 4.92. The van der Waals surface area contributed by atoms with Gasteiger partial charge in [-0.15, -0.1) is 0 Å². The molecule has 28 heavy (non-hydrogen) atoms. The van der Waals surface area contributed by atoms with Crippen LogP contribution >= 0.6 is 0 Å². The van der Waals surface area contributed by atoms with Crippen LogP contribution in [-0.4, -0.2) is 34.5 Å². The molecule has 150 valence electrons. The first kappa shape index (κ1) is 21.0. The molecule has 2 aromatic rings. The molecular weight excluding hydrogens is 386 g/mol. The zero-order chi connectivity index (χ0) is 20.9. The van der Waals surface area contributed by atoms with Crippen molar-refractivity contribution in [3.63, 3.8) is 0 Å². The fraction of sp³-hybridized carbons (Fsp3) is 0.222. The number of sulfonamides is 1. The van der Waals surface area contributed by atoms with Crippen LogP contribution < -0.4 is 24.8 Å². The van der Waals surface area contributed by atoms with Gasteiger partial charge in [0.05, 0.1) is 30.5 Å². The number of benzene rings is 2. The number of amides is 2. The number of hydrogen-bond donors (Lipinski definition) is 3. The van der Waals surface area contributed by atoms with Crippen molar-refractivity contribution >= 4 is 38.9 Å². The fourth-order valence-electron chi connectivity index (χ4n) is 2.41. The average Bonchev–Trinajstić information content (AvgIpc) is 2.60. The Kier molecular flexibility index (Phi) is 6.47. The van der Waals surface area contributed by atoms with Crippen LogP contribution in [0.25, 0.3) is 0 Å². The van der Waals surface area contributed by atoms with Crippen molar-refractivity contribution in [3.05, 3.63) is 36.4 Å². The average molecular weight is 407 g/mol. The van der Waals surface area contributed by atoms with Gasteiger partial charge in [0, 0.05) is 19.5 Å². The van der Waals surface area contributed by atoms with Gasteiger partial charge in [0.1, 0.15) is 11.5 Å². The zero-order valence-corrected chi connectivity index (χ0v) is 16.6. The molecule has 0 aliphatic carbocycles. The molecule has 0 aliphatic rings. The van der Waals surface area contributed by atoms with Gasteiger partial charge in [-0.05, 0) is 36.4 Å². The summed E-state index contributed by atoms with van der Waals surface area (Å²) in [5.41, 5.74) is 0.766. The summed E-state index contributed by atoms with van der Waals surface area (Å²) >= 11 is 0. The second-order valence-corrected chi connectivity index (χ2v) is 7.43. The van der Waals surface area contributed by atoms with Crippen LogP contribution in [0.15, 0.2) is 41.3 Å². The Bertz CT molecular complexity index is 1000. The maximum atomic E-state index is 12.8. The minimum Gasteiger partial charge on any atom is -0.495 e. The molecule has 0 bridgehead atoms. The van der Waals surface area contributed by atoms with E-state index in [1.807, 2.05) is 0 Å². The van der Waals surface area contributed by atoms with Gasteiger partial charge in [-0.1, -0.05) is 0 Å². The fourth-order valence-corrected chi connectivity index (χ4v) is 3.50. The van der Waals surface area contributed by atoms with Gasteiger partial charge in [-0.3, -0.25) is 14.3 Å². The number of anilines is 3. The molecule has 0 aromatic heterocycles. The van der Waals surface area contributed by atoms with Gasteiger partial charge in [0.25, 0.3) is 10.0 Å². The molecule has 0 heterocycles. The van der Waals surface area contributed by atoms with Crippen LogP contribution in [0, 0.1) is 0 Å². The lowest BCUT2D eigenvalue weighted by Gasteiger charge is -2.15. The Labute approximate surface area is 163 Å². The van der Waals surface area contributed by atoms with Gasteiger partial charge in [0.2, 0.25) is 11.8 Å². The Balaban J connectivity index is 2.43. The molecule has 2 rings (SSSR count). The number of carbonyl (C=O) groups is 2. The predicted octanol–water partition coefficient (Wildman–Crippen LogP) is 2.42. The molecular formula is C18H21N3O6S. The maximum absolute atomic E-state index is 12.8. The number of hydrogen-bond acceptors (Lipinski definition) is 6. The maximum Gasteiger partial charge on any atom is 0.262 e. The third-order valence-electron chi connectivity index (χ3n) is 3.56. The summed E-state index contributed by atoms with van der Waals surface area (Å²) in [6.45, 7) is 2.65. The number of rotatable bonds is 7. The quantitative estimate of drug-likeness (QED) is 0.648. The molecule has 0 aliphatic heterocycles. The van der Waals surface area contributed by atoms with Crippen LogP contribution in [-0.2, 0) is 19.6 Å². The first-order valence-corrected chi connectivity index (χ1v) is 9.58. The molecule has 0 saturated heterocycles. The molecule has 0 saturated carbocycles. The summed E-state index contributed by atoms with van der Waals surface area (Å²) in [6, 6.07) is 8.62. The smallest absolute Gasteiger partial charge is 0.262 e. The van der Waals surface area contributed by atoms with Crippen LogP contribution in [0.2, 0.25) is 0 Å². The normalized spacial score (nSPS) is 10.7. The molecule has 3 N–H and O–H groups in total. The van der Waals surface area contributed by atoms with Crippen LogP contribution in [0.4, 0.5) is 17.1 Å². The Morgan fingerprint density at radius 2 is 1.39 bits per heavy atom. The van der Waals surface area contributed by atoms with Crippen molar-refractivity contribution in [2.75, 3.05) is 29.6 Å². The van der Waals surface area contributed by atoms with Gasteiger partial charge in [0.15, 0.2) is 0 Å². The predicted molar refractivity (Wildman–Crippen MR) is 105 cm³/mol. The molecule has 2 amide bonds. The van der Waals surface area contributed by atoms with Gasteiger partial charge >= 0.3 is 0 Å². The highest BCUT2D eigenvalue weighted by molar-refractivity contribution is 7.92. The van der Waals surface area contributed by atoms with Crippen molar-refractivity contribution < 1.29 is 27.5 Å². The highest BCUT2D eigenvalue weighted by Crippen LogP contribution is 2.32. The van der Waals surface area contributed by atoms with Crippen molar-refractivity contribution in [1.29, 1.82) is 0 Å². The minimum atomic E-state index is -4.02. The van der Waals surface area contributed by atoms with Crippen LogP contribution in [0.3, 0.4) is 0 Å². The lowest BCUT2D eigenvalue weighted by Crippen LogP contribution is -2.15. The van der Waals surface area contributed by atoms with E-state index >= 15 is 0 Å². The molecule has 10 heteroatoms. The third kappa shape index (κ3) is 5.13. The number of methoxy groups -OCH3 is 2. The summed E-state index contributed by atoms with van der Waals surface area (Å²) < 4.78 is 38.4. The van der Waals surface area contributed by atoms with E-state index in [2.05, 4.69) is 15.4 Å². The van der Waals surface area contributed by atoms with Gasteiger partial charge < -0.3 is 20.1 Å². The number of ether oxygens (including phenoxy) is 2. The van der Waals surface area contributed by atoms with E-state index in [-0.39, 0.29) is 33.8 Å². The first-order chi connectivity index (χ1) is 13.2. The van der Waals surface area contributed by atoms with Gasteiger partial charge in [-0.2, -0.15) is 0 Å². The van der Waals surface area contributed by atoms with Gasteiger partial charge in [-0.25, -0.2) is 8.42 Å². The topological polar surface area (TPSA) is 123 Å². The van der Waals surface area contributed by atoms with Crippen LogP contribution in [0.1, 0.15) is 13.8 Å². The summed E-state index contributed by atoms with van der Waals surface area (Å²) in [5.74, 6) is -0.0766. The van der Waals surface area contributed by atoms with E-state index in [9.17, 15) is 18.0 Å². The first-order valence-electron chi connectivity index (χ1n) is 8.10. The molecule has 0 radical (unpaired) electrons. The second kappa shape index (κ2) is 8.61. The molecule has 0 spiro atoms.